The number of hydrogen-bond donors (Lipinski definition) is 2. The van der Waals surface area contributed by atoms with Crippen molar-refractivity contribution in [2.24, 2.45) is 0 Å². The molecule has 0 bridgehead atoms. The van der Waals surface area contributed by atoms with Crippen LogP contribution >= 0.6 is 11.3 Å². The normalized spacial score (nSPS) is 16.2. The minimum absolute atomic E-state index is 0.0659. The van der Waals surface area contributed by atoms with Crippen LogP contribution in [0.25, 0.3) is 21.1 Å². The number of carbonyl (C=O) groups is 2. The summed E-state index contributed by atoms with van der Waals surface area (Å²) in [6, 6.07) is 7.54. The van der Waals surface area contributed by atoms with E-state index in [4.69, 9.17) is 4.74 Å². The van der Waals surface area contributed by atoms with E-state index in [-0.39, 0.29) is 22.6 Å². The van der Waals surface area contributed by atoms with Crippen molar-refractivity contribution in [2.75, 3.05) is 6.54 Å². The molecule has 8 nitrogen and oxygen atoms in total. The Bertz CT molecular complexity index is 1400. The summed E-state index contributed by atoms with van der Waals surface area (Å²) in [4.78, 5) is 30.4. The number of ether oxygens (including phenoxy) is 1. The smallest absolute Gasteiger partial charge is 0.416 e. The second-order valence-electron chi connectivity index (χ2n) is 7.57. The number of nitrogens with zero attached hydrogens (tertiary/aromatic N) is 3. The first-order valence-corrected chi connectivity index (χ1v) is 10.8. The number of fused-ring (bicyclic) bond motifs is 2. The molecule has 5 rings (SSSR count). The van der Waals surface area contributed by atoms with Crippen molar-refractivity contribution in [1.29, 1.82) is 0 Å². The van der Waals surface area contributed by atoms with Gasteiger partial charge in [-0.05, 0) is 44.0 Å². The number of aliphatic hydroxyl groups is 1. The number of pyridine rings is 1. The van der Waals surface area contributed by atoms with Gasteiger partial charge in [-0.15, -0.1) is 11.3 Å². The second-order valence-corrected chi connectivity index (χ2v) is 8.62. The van der Waals surface area contributed by atoms with Crippen LogP contribution in [-0.2, 0) is 0 Å². The third-order valence-electron chi connectivity index (χ3n) is 5.55. The van der Waals surface area contributed by atoms with Gasteiger partial charge in [-0.1, -0.05) is 0 Å². The topological polar surface area (TPSA) is 105 Å². The highest BCUT2D eigenvalue weighted by atomic mass is 32.1. The molecule has 0 spiro atoms. The van der Waals surface area contributed by atoms with Gasteiger partial charge in [0.05, 0.1) is 20.6 Å². The molecule has 1 saturated heterocycles. The Labute approximate surface area is 185 Å². The molecular weight excluding hydrogens is 437 g/mol. The largest absolute Gasteiger partial charge is 0.464 e. The van der Waals surface area contributed by atoms with Gasteiger partial charge in [0, 0.05) is 29.9 Å². The lowest BCUT2D eigenvalue weighted by Crippen LogP contribution is -2.34. The van der Waals surface area contributed by atoms with Crippen LogP contribution in [0.2, 0.25) is 0 Å². The van der Waals surface area contributed by atoms with Gasteiger partial charge in [0.25, 0.3) is 5.91 Å². The fourth-order valence-corrected chi connectivity index (χ4v) is 5.06. The summed E-state index contributed by atoms with van der Waals surface area (Å²) < 4.78 is 22.6. The van der Waals surface area contributed by atoms with Crippen molar-refractivity contribution < 1.29 is 28.9 Å². The van der Waals surface area contributed by atoms with Crippen molar-refractivity contribution in [3.63, 3.8) is 0 Å². The van der Waals surface area contributed by atoms with Gasteiger partial charge < -0.3 is 19.8 Å². The predicted octanol–water partition coefficient (Wildman–Crippen LogP) is 4.57. The molecule has 2 N–H and O–H groups in total. The van der Waals surface area contributed by atoms with Gasteiger partial charge in [0.2, 0.25) is 0 Å². The third kappa shape index (κ3) is 3.19. The van der Waals surface area contributed by atoms with Crippen LogP contribution in [0.3, 0.4) is 0 Å². The maximum atomic E-state index is 15.2. The number of carbonyl (C=O) groups excluding carboxylic acids is 1. The van der Waals surface area contributed by atoms with Gasteiger partial charge in [-0.3, -0.25) is 9.78 Å². The number of amides is 1. The van der Waals surface area contributed by atoms with E-state index in [0.717, 1.165) is 11.0 Å². The zero-order chi connectivity index (χ0) is 22.6. The molecule has 3 aromatic heterocycles. The molecule has 164 valence electrons. The maximum Gasteiger partial charge on any atom is 0.416 e. The average molecular weight is 455 g/mol. The number of aromatic nitrogens is 2. The van der Waals surface area contributed by atoms with Gasteiger partial charge in [-0.25, -0.2) is 13.8 Å². The van der Waals surface area contributed by atoms with Crippen molar-refractivity contribution in [3.8, 4) is 11.5 Å². The Balaban J connectivity index is 1.52. The van der Waals surface area contributed by atoms with Crippen molar-refractivity contribution in [2.45, 2.75) is 26.0 Å². The second kappa shape index (κ2) is 7.57. The fraction of sp³-hybridized carbons (Fsp3) is 0.227. The lowest BCUT2D eigenvalue weighted by atomic mass is 10.2. The Kier molecular flexibility index (Phi) is 4.83. The summed E-state index contributed by atoms with van der Waals surface area (Å²) in [6.07, 6.45) is 0.813. The van der Waals surface area contributed by atoms with E-state index in [0.29, 0.717) is 39.5 Å². The van der Waals surface area contributed by atoms with Gasteiger partial charge in [0.1, 0.15) is 12.0 Å². The van der Waals surface area contributed by atoms with Gasteiger partial charge in [0.15, 0.2) is 11.6 Å². The zero-order valence-electron chi connectivity index (χ0n) is 16.9. The van der Waals surface area contributed by atoms with Crippen LogP contribution in [0.1, 0.15) is 28.2 Å². The standard InChI is InChI=1S/C22H18FN3O5S/c1-11-9-12-14(26(11)22(29)30)4-5-15(19(12)23)31-16-6-7-24-13-10-17(32-20(13)16)21(28)25-8-2-3-18(25)27/h4-7,9-10,18,27H,2-3,8H2,1H3,(H,29,30). The minimum atomic E-state index is -1.19. The Morgan fingerprint density at radius 3 is 2.78 bits per heavy atom. The van der Waals surface area contributed by atoms with Crippen LogP contribution in [0.5, 0.6) is 11.5 Å². The molecule has 0 saturated carbocycles. The number of halogens is 1. The highest BCUT2D eigenvalue weighted by Gasteiger charge is 2.29. The molecule has 1 atom stereocenters. The highest BCUT2D eigenvalue weighted by molar-refractivity contribution is 7.21. The lowest BCUT2D eigenvalue weighted by molar-refractivity contribution is 0.0297. The molecule has 10 heteroatoms. The number of thiophene rings is 1. The number of aliphatic hydroxyl groups excluding tert-OH is 1. The highest BCUT2D eigenvalue weighted by Crippen LogP contribution is 2.38. The van der Waals surface area contributed by atoms with E-state index in [1.165, 1.54) is 40.6 Å². The molecule has 4 heterocycles. The number of likely N-dealkylation sites (tertiary alicyclic amines) is 1. The summed E-state index contributed by atoms with van der Waals surface area (Å²) in [7, 11) is 0. The summed E-state index contributed by atoms with van der Waals surface area (Å²) in [5, 5.41) is 19.5. The number of carboxylic acid groups (broad SMARTS) is 1. The monoisotopic (exact) mass is 455 g/mol. The molecule has 1 aromatic carbocycles. The molecule has 1 amide bonds. The summed E-state index contributed by atoms with van der Waals surface area (Å²) in [6.45, 7) is 2.08. The van der Waals surface area contributed by atoms with Crippen molar-refractivity contribution >= 4 is 44.5 Å². The molecule has 1 fully saturated rings. The molecule has 1 unspecified atom stereocenters. The molecule has 1 aliphatic heterocycles. The number of hydrogen-bond acceptors (Lipinski definition) is 6. The maximum absolute atomic E-state index is 15.2. The van der Waals surface area contributed by atoms with Crippen LogP contribution in [0.15, 0.2) is 36.5 Å². The van der Waals surface area contributed by atoms with Crippen LogP contribution in [0, 0.1) is 12.7 Å². The SMILES string of the molecule is Cc1cc2c(F)c(Oc3ccnc4cc(C(=O)N5CCCC5O)sc34)ccc2n1C(=O)O. The van der Waals surface area contributed by atoms with Gasteiger partial charge in [-0.2, -0.15) is 0 Å². The summed E-state index contributed by atoms with van der Waals surface area (Å²) in [5.41, 5.74) is 1.15. The number of benzene rings is 1. The van der Waals surface area contributed by atoms with Crippen LogP contribution < -0.4 is 4.74 Å². The molecule has 1 aliphatic rings. The van der Waals surface area contributed by atoms with E-state index >= 15 is 4.39 Å². The quantitative estimate of drug-likeness (QED) is 0.469. The van der Waals surface area contributed by atoms with Crippen LogP contribution in [0.4, 0.5) is 9.18 Å². The fourth-order valence-electron chi connectivity index (χ4n) is 4.04. The molecule has 4 aromatic rings. The molecule has 0 radical (unpaired) electrons. The Hall–Kier alpha value is -3.50. The third-order valence-corrected chi connectivity index (χ3v) is 6.67. The van der Waals surface area contributed by atoms with E-state index in [1.807, 2.05) is 0 Å². The minimum Gasteiger partial charge on any atom is -0.464 e. The average Bonchev–Trinajstić information content (AvgIpc) is 3.46. The summed E-state index contributed by atoms with van der Waals surface area (Å²) >= 11 is 1.17. The lowest BCUT2D eigenvalue weighted by Gasteiger charge is -2.18. The van der Waals surface area contributed by atoms with E-state index in [1.54, 1.807) is 19.1 Å². The Morgan fingerprint density at radius 1 is 1.25 bits per heavy atom. The first-order valence-electron chi connectivity index (χ1n) is 9.94. The molecule has 0 aliphatic carbocycles. The molecular formula is C22H18FN3O5S. The van der Waals surface area contributed by atoms with Crippen molar-refractivity contribution in [3.05, 3.63) is 52.9 Å². The first-order chi connectivity index (χ1) is 15.3. The number of aryl methyl sites for hydroxylation is 1. The van der Waals surface area contributed by atoms with E-state index < -0.39 is 18.1 Å². The van der Waals surface area contributed by atoms with Crippen molar-refractivity contribution in [1.82, 2.24) is 14.5 Å². The zero-order valence-corrected chi connectivity index (χ0v) is 17.7. The molecule has 32 heavy (non-hydrogen) atoms. The predicted molar refractivity (Wildman–Crippen MR) is 116 cm³/mol. The number of rotatable bonds is 3. The van der Waals surface area contributed by atoms with E-state index in [2.05, 4.69) is 4.98 Å². The van der Waals surface area contributed by atoms with Gasteiger partial charge >= 0.3 is 6.09 Å². The summed E-state index contributed by atoms with van der Waals surface area (Å²) in [5.74, 6) is -0.692. The van der Waals surface area contributed by atoms with E-state index in [9.17, 15) is 19.8 Å². The Morgan fingerprint density at radius 2 is 2.06 bits per heavy atom. The van der Waals surface area contributed by atoms with Crippen LogP contribution in [-0.4, -0.2) is 49.4 Å². The first kappa shape index (κ1) is 20.4.